The van der Waals surface area contributed by atoms with Gasteiger partial charge in [0.05, 0.1) is 13.1 Å². The van der Waals surface area contributed by atoms with E-state index in [2.05, 4.69) is 10.3 Å². The average molecular weight is 537 g/mol. The summed E-state index contributed by atoms with van der Waals surface area (Å²) in [6, 6.07) is 9.43. The van der Waals surface area contributed by atoms with Gasteiger partial charge in [-0.1, -0.05) is 30.3 Å². The summed E-state index contributed by atoms with van der Waals surface area (Å²) < 4.78 is 45.9. The predicted molar refractivity (Wildman–Crippen MR) is 137 cm³/mol. The first-order chi connectivity index (χ1) is 18.7. The molecule has 1 saturated heterocycles. The Balaban J connectivity index is 1.56. The molecule has 0 saturated carbocycles. The molecule has 1 N–H and O–H groups in total. The number of ketones is 1. The fourth-order valence-corrected chi connectivity index (χ4v) is 5.28. The van der Waals surface area contributed by atoms with Crippen molar-refractivity contribution in [2.45, 2.75) is 19.5 Å². The fraction of sp³-hybridized carbons (Fsp3) is 0.259. The number of carbonyl (C=O) groups is 1. The number of hydrogen-bond acceptors (Lipinski definition) is 6. The van der Waals surface area contributed by atoms with E-state index in [1.807, 2.05) is 11.1 Å². The molecule has 12 heteroatoms. The summed E-state index contributed by atoms with van der Waals surface area (Å²) in [5.41, 5.74) is -0.533. The third kappa shape index (κ3) is 4.03. The molecule has 1 fully saturated rings. The third-order valence-electron chi connectivity index (χ3n) is 7.31. The van der Waals surface area contributed by atoms with Crippen LogP contribution in [0.15, 0.2) is 64.0 Å². The van der Waals surface area contributed by atoms with E-state index in [1.54, 1.807) is 30.3 Å². The third-order valence-corrected chi connectivity index (χ3v) is 7.31. The molecule has 4 aromatic rings. The van der Waals surface area contributed by atoms with E-state index < -0.39 is 41.0 Å². The van der Waals surface area contributed by atoms with Gasteiger partial charge in [-0.2, -0.15) is 4.98 Å². The highest BCUT2D eigenvalue weighted by atomic mass is 19.2. The lowest BCUT2D eigenvalue weighted by molar-refractivity contribution is 0.0969. The van der Waals surface area contributed by atoms with E-state index in [4.69, 9.17) is 0 Å². The number of carbonyl (C=O) groups excluding carboxylic acids is 1. The van der Waals surface area contributed by atoms with Crippen molar-refractivity contribution in [1.82, 2.24) is 24.0 Å². The lowest BCUT2D eigenvalue weighted by Crippen LogP contribution is -2.41. The molecule has 200 valence electrons. The van der Waals surface area contributed by atoms with Crippen molar-refractivity contribution in [1.29, 1.82) is 0 Å². The van der Waals surface area contributed by atoms with Gasteiger partial charge < -0.3 is 10.2 Å². The fourth-order valence-electron chi connectivity index (χ4n) is 5.28. The number of aromatic nitrogens is 4. The van der Waals surface area contributed by atoms with Crippen molar-refractivity contribution in [2.24, 2.45) is 13.0 Å². The van der Waals surface area contributed by atoms with Gasteiger partial charge in [0.25, 0.3) is 5.56 Å². The van der Waals surface area contributed by atoms with Gasteiger partial charge in [0.2, 0.25) is 5.95 Å². The number of imidazole rings is 1. The van der Waals surface area contributed by atoms with Crippen LogP contribution in [-0.4, -0.2) is 37.6 Å². The minimum atomic E-state index is -1.33. The zero-order chi connectivity index (χ0) is 27.4. The molecule has 2 aromatic carbocycles. The van der Waals surface area contributed by atoms with Gasteiger partial charge >= 0.3 is 5.69 Å². The number of nitrogens with zero attached hydrogens (tertiary/aromatic N) is 5. The molecular formula is C27H23F3N6O3. The standard InChI is InChI=1S/C27H23F3N6O3/c1-33-24-23(25(38)36(27(33)39)14-22(37)15-5-3-2-4-6-15)35(13-17-9-19(29)20(30)10-18(17)28)26(32-24)34-8-7-16-11-31-12-21(16)34/h2-6,9-10,12,16,31H,7-8,11,13-14H2,1H3. The first-order valence-corrected chi connectivity index (χ1v) is 12.4. The summed E-state index contributed by atoms with van der Waals surface area (Å²) in [6.07, 6.45) is 2.64. The minimum Gasteiger partial charge on any atom is -0.389 e. The second-order valence-electron chi connectivity index (χ2n) is 9.66. The number of benzene rings is 2. The maximum Gasteiger partial charge on any atom is 0.332 e. The van der Waals surface area contributed by atoms with Crippen LogP contribution in [-0.2, 0) is 20.1 Å². The molecule has 0 spiro atoms. The van der Waals surface area contributed by atoms with E-state index in [1.165, 1.54) is 11.6 Å². The molecule has 0 aliphatic carbocycles. The molecule has 0 bridgehead atoms. The lowest BCUT2D eigenvalue weighted by Gasteiger charge is -2.20. The number of fused-ring (bicyclic) bond motifs is 2. The molecule has 4 heterocycles. The highest BCUT2D eigenvalue weighted by molar-refractivity contribution is 5.96. The highest BCUT2D eigenvalue weighted by Gasteiger charge is 2.35. The molecule has 9 nitrogen and oxygen atoms in total. The molecular weight excluding hydrogens is 513 g/mol. The summed E-state index contributed by atoms with van der Waals surface area (Å²) in [5.74, 6) is -3.54. The number of Topliss-reactive ketones (excluding diaryl/α,β-unsaturated/α-hetero) is 1. The van der Waals surface area contributed by atoms with Gasteiger partial charge in [-0.15, -0.1) is 0 Å². The van der Waals surface area contributed by atoms with Crippen molar-refractivity contribution >= 4 is 22.9 Å². The van der Waals surface area contributed by atoms with Gasteiger partial charge in [0, 0.05) is 55.1 Å². The molecule has 6 rings (SSSR count). The quantitative estimate of drug-likeness (QED) is 0.301. The van der Waals surface area contributed by atoms with Crippen LogP contribution in [0.5, 0.6) is 0 Å². The Morgan fingerprint density at radius 1 is 1.05 bits per heavy atom. The molecule has 2 aromatic heterocycles. The Labute approximate surface area is 219 Å². The van der Waals surface area contributed by atoms with Crippen molar-refractivity contribution in [3.8, 4) is 0 Å². The van der Waals surface area contributed by atoms with Crippen molar-refractivity contribution < 1.29 is 18.0 Å². The van der Waals surface area contributed by atoms with Gasteiger partial charge in [-0.3, -0.25) is 23.3 Å². The summed E-state index contributed by atoms with van der Waals surface area (Å²) in [6.45, 7) is 0.399. The molecule has 0 amide bonds. The Bertz CT molecular complexity index is 1790. The van der Waals surface area contributed by atoms with Crippen LogP contribution >= 0.6 is 0 Å². The average Bonchev–Trinajstić information content (AvgIpc) is 3.64. The summed E-state index contributed by atoms with van der Waals surface area (Å²) in [7, 11) is 1.43. The SMILES string of the molecule is Cn1c(=O)n(CC(=O)c2ccccc2)c(=O)c2c1nc(N1CCC3CNC=C31)n2Cc1cc(F)c(F)cc1F. The Kier molecular flexibility index (Phi) is 5.89. The number of halogens is 3. The first kappa shape index (κ1) is 24.7. The molecule has 0 radical (unpaired) electrons. The molecule has 2 aliphatic heterocycles. The number of anilines is 1. The van der Waals surface area contributed by atoms with Crippen LogP contribution in [0.4, 0.5) is 19.1 Å². The largest absolute Gasteiger partial charge is 0.389 e. The summed E-state index contributed by atoms with van der Waals surface area (Å²) in [4.78, 5) is 46.4. The second kappa shape index (κ2) is 9.29. The van der Waals surface area contributed by atoms with E-state index >= 15 is 0 Å². The van der Waals surface area contributed by atoms with Gasteiger partial charge in [-0.25, -0.2) is 18.0 Å². The maximum atomic E-state index is 14.8. The summed E-state index contributed by atoms with van der Waals surface area (Å²) >= 11 is 0. The highest BCUT2D eigenvalue weighted by Crippen LogP contribution is 2.35. The summed E-state index contributed by atoms with van der Waals surface area (Å²) in [5, 5.41) is 3.18. The van der Waals surface area contributed by atoms with E-state index in [-0.39, 0.29) is 35.1 Å². The van der Waals surface area contributed by atoms with Crippen LogP contribution < -0.4 is 21.5 Å². The van der Waals surface area contributed by atoms with Gasteiger partial charge in [-0.05, 0) is 12.5 Å². The van der Waals surface area contributed by atoms with Crippen molar-refractivity contribution in [3.63, 3.8) is 0 Å². The van der Waals surface area contributed by atoms with E-state index in [0.29, 0.717) is 18.2 Å². The number of hydrogen-bond donors (Lipinski definition) is 1. The number of rotatable bonds is 6. The normalized spacial score (nSPS) is 16.5. The van der Waals surface area contributed by atoms with Crippen molar-refractivity contribution in [3.05, 3.63) is 104 Å². The van der Waals surface area contributed by atoms with Gasteiger partial charge in [0.1, 0.15) is 5.82 Å². The van der Waals surface area contributed by atoms with E-state index in [9.17, 15) is 27.6 Å². The smallest absolute Gasteiger partial charge is 0.332 e. The molecule has 1 unspecified atom stereocenters. The van der Waals surface area contributed by atoms with Crippen LogP contribution in [0.3, 0.4) is 0 Å². The zero-order valence-electron chi connectivity index (χ0n) is 20.8. The van der Waals surface area contributed by atoms with Crippen LogP contribution in [0.1, 0.15) is 22.3 Å². The Morgan fingerprint density at radius 2 is 1.79 bits per heavy atom. The minimum absolute atomic E-state index is 0.0291. The van der Waals surface area contributed by atoms with Crippen LogP contribution in [0.25, 0.3) is 11.2 Å². The Hall–Kier alpha value is -4.61. The van der Waals surface area contributed by atoms with Crippen LogP contribution in [0, 0.1) is 23.4 Å². The predicted octanol–water partition coefficient (Wildman–Crippen LogP) is 2.52. The van der Waals surface area contributed by atoms with E-state index in [0.717, 1.165) is 33.9 Å². The van der Waals surface area contributed by atoms with Crippen LogP contribution in [0.2, 0.25) is 0 Å². The monoisotopic (exact) mass is 536 g/mol. The maximum absolute atomic E-state index is 14.8. The molecule has 2 aliphatic rings. The molecule has 39 heavy (non-hydrogen) atoms. The van der Waals surface area contributed by atoms with Crippen molar-refractivity contribution in [2.75, 3.05) is 18.0 Å². The lowest BCUT2D eigenvalue weighted by atomic mass is 10.1. The number of aryl methyl sites for hydroxylation is 1. The molecule has 1 atom stereocenters. The Morgan fingerprint density at radius 3 is 2.56 bits per heavy atom. The number of nitrogens with one attached hydrogen (secondary N) is 1. The second-order valence-corrected chi connectivity index (χ2v) is 9.66. The topological polar surface area (TPSA) is 94.2 Å². The van der Waals surface area contributed by atoms with Gasteiger partial charge in [0.15, 0.2) is 28.6 Å². The zero-order valence-corrected chi connectivity index (χ0v) is 20.8. The first-order valence-electron chi connectivity index (χ1n) is 12.4.